The molecule has 0 fully saturated rings. The van der Waals surface area contributed by atoms with Gasteiger partial charge in [0.25, 0.3) is 0 Å². The summed E-state index contributed by atoms with van der Waals surface area (Å²) in [6.45, 7) is 1.37. The van der Waals surface area contributed by atoms with Gasteiger partial charge in [0, 0.05) is 13.0 Å². The molecule has 0 aliphatic heterocycles. The maximum absolute atomic E-state index is 10.8. The number of aldehydes is 1. The highest BCUT2D eigenvalue weighted by molar-refractivity contribution is 6.34. The van der Waals surface area contributed by atoms with Crippen molar-refractivity contribution in [2.75, 3.05) is 12.4 Å². The number of amides is 1. The molecule has 0 bridgehead atoms. The third kappa shape index (κ3) is 2.70. The van der Waals surface area contributed by atoms with Gasteiger partial charge < -0.3 is 10.1 Å². The topological polar surface area (TPSA) is 55.4 Å². The monoisotopic (exact) mass is 227 g/mol. The van der Waals surface area contributed by atoms with Crippen LogP contribution in [0.5, 0.6) is 5.75 Å². The van der Waals surface area contributed by atoms with E-state index >= 15 is 0 Å². The van der Waals surface area contributed by atoms with Crippen LogP contribution in [0.1, 0.15) is 17.3 Å². The van der Waals surface area contributed by atoms with Crippen LogP contribution < -0.4 is 10.1 Å². The first-order valence-corrected chi connectivity index (χ1v) is 4.56. The molecular weight excluding hydrogens is 218 g/mol. The zero-order valence-corrected chi connectivity index (χ0v) is 9.09. The van der Waals surface area contributed by atoms with Crippen molar-refractivity contribution < 1.29 is 14.3 Å². The van der Waals surface area contributed by atoms with Gasteiger partial charge in [0.2, 0.25) is 5.91 Å². The number of ether oxygens (including phenoxy) is 1. The van der Waals surface area contributed by atoms with E-state index in [1.165, 1.54) is 26.2 Å². The van der Waals surface area contributed by atoms with Crippen molar-refractivity contribution in [3.05, 3.63) is 22.7 Å². The maximum Gasteiger partial charge on any atom is 0.221 e. The molecule has 0 saturated carbocycles. The molecule has 0 heterocycles. The van der Waals surface area contributed by atoms with E-state index in [2.05, 4.69) is 5.32 Å². The zero-order chi connectivity index (χ0) is 11.4. The van der Waals surface area contributed by atoms with Crippen LogP contribution in [0.4, 0.5) is 5.69 Å². The molecule has 0 atom stereocenters. The number of carbonyl (C=O) groups is 2. The Morgan fingerprint density at radius 3 is 2.67 bits per heavy atom. The van der Waals surface area contributed by atoms with Gasteiger partial charge >= 0.3 is 0 Å². The Kier molecular flexibility index (Phi) is 3.68. The van der Waals surface area contributed by atoms with Crippen LogP contribution in [0.2, 0.25) is 5.02 Å². The second-order valence-electron chi connectivity index (χ2n) is 2.87. The molecule has 1 aromatic carbocycles. The summed E-state index contributed by atoms with van der Waals surface area (Å²) in [6, 6.07) is 2.95. The minimum atomic E-state index is -0.238. The van der Waals surface area contributed by atoms with Gasteiger partial charge in [-0.15, -0.1) is 0 Å². The summed E-state index contributed by atoms with van der Waals surface area (Å²) in [7, 11) is 1.44. The Hall–Kier alpha value is -1.55. The lowest BCUT2D eigenvalue weighted by atomic mass is 10.2. The van der Waals surface area contributed by atoms with Gasteiger partial charge in [-0.25, -0.2) is 0 Å². The number of anilines is 1. The fraction of sp³-hybridized carbons (Fsp3) is 0.200. The number of hydrogen-bond donors (Lipinski definition) is 1. The predicted molar refractivity (Wildman–Crippen MR) is 57.7 cm³/mol. The van der Waals surface area contributed by atoms with E-state index in [0.717, 1.165) is 0 Å². The highest BCUT2D eigenvalue weighted by Gasteiger charge is 2.09. The molecule has 0 aromatic heterocycles. The number of methoxy groups -OCH3 is 1. The molecular formula is C10H10ClNO3. The first-order chi connectivity index (χ1) is 7.08. The summed E-state index contributed by atoms with van der Waals surface area (Å²) < 4.78 is 4.97. The van der Waals surface area contributed by atoms with E-state index in [-0.39, 0.29) is 5.91 Å². The highest BCUT2D eigenvalue weighted by atomic mass is 35.5. The molecule has 15 heavy (non-hydrogen) atoms. The van der Waals surface area contributed by atoms with E-state index < -0.39 is 0 Å². The average Bonchev–Trinajstić information content (AvgIpc) is 2.19. The molecule has 1 aromatic rings. The lowest BCUT2D eigenvalue weighted by Crippen LogP contribution is -2.07. The number of halogens is 1. The molecule has 5 heteroatoms. The molecule has 0 spiro atoms. The van der Waals surface area contributed by atoms with E-state index in [1.807, 2.05) is 0 Å². The van der Waals surface area contributed by atoms with Crippen LogP contribution in [-0.2, 0) is 4.79 Å². The zero-order valence-electron chi connectivity index (χ0n) is 8.33. The van der Waals surface area contributed by atoms with Crippen LogP contribution >= 0.6 is 11.6 Å². The van der Waals surface area contributed by atoms with Crippen LogP contribution in [-0.4, -0.2) is 19.3 Å². The Bertz CT molecular complexity index is 404. The highest BCUT2D eigenvalue weighted by Crippen LogP contribution is 2.29. The second-order valence-corrected chi connectivity index (χ2v) is 3.28. The average molecular weight is 228 g/mol. The van der Waals surface area contributed by atoms with Crippen LogP contribution in [0.25, 0.3) is 0 Å². The van der Waals surface area contributed by atoms with Crippen molar-refractivity contribution in [2.45, 2.75) is 6.92 Å². The van der Waals surface area contributed by atoms with Crippen molar-refractivity contribution in [2.24, 2.45) is 0 Å². The number of rotatable bonds is 3. The molecule has 0 unspecified atom stereocenters. The van der Waals surface area contributed by atoms with Crippen molar-refractivity contribution in [3.8, 4) is 5.75 Å². The van der Waals surface area contributed by atoms with E-state index in [0.29, 0.717) is 28.3 Å². The van der Waals surface area contributed by atoms with Gasteiger partial charge in [-0.1, -0.05) is 11.6 Å². The third-order valence-corrected chi connectivity index (χ3v) is 2.07. The lowest BCUT2D eigenvalue weighted by molar-refractivity contribution is -0.114. The fourth-order valence-electron chi connectivity index (χ4n) is 1.12. The summed E-state index contributed by atoms with van der Waals surface area (Å²) in [5.41, 5.74) is 0.767. The van der Waals surface area contributed by atoms with Crippen molar-refractivity contribution in [3.63, 3.8) is 0 Å². The minimum absolute atomic E-state index is 0.238. The largest absolute Gasteiger partial charge is 0.496 e. The fourth-order valence-corrected chi connectivity index (χ4v) is 1.34. The number of benzene rings is 1. The number of carbonyl (C=O) groups excluding carboxylic acids is 2. The molecule has 0 radical (unpaired) electrons. The minimum Gasteiger partial charge on any atom is -0.496 e. The Balaban J connectivity index is 3.19. The van der Waals surface area contributed by atoms with Crippen LogP contribution in [0.15, 0.2) is 12.1 Å². The van der Waals surface area contributed by atoms with Gasteiger partial charge in [-0.05, 0) is 6.07 Å². The number of hydrogen-bond acceptors (Lipinski definition) is 3. The molecule has 4 nitrogen and oxygen atoms in total. The molecule has 0 aliphatic rings. The van der Waals surface area contributed by atoms with Gasteiger partial charge in [0.15, 0.2) is 6.29 Å². The first-order valence-electron chi connectivity index (χ1n) is 4.18. The van der Waals surface area contributed by atoms with Crippen LogP contribution in [0.3, 0.4) is 0 Å². The standard InChI is InChI=1S/C10H10ClNO3/c1-6(14)12-9-4-10(15-2)7(5-13)3-8(9)11/h3-5H,1-2H3,(H,12,14). The normalized spacial score (nSPS) is 9.53. The van der Waals surface area contributed by atoms with Crippen molar-refractivity contribution in [1.29, 1.82) is 0 Å². The van der Waals surface area contributed by atoms with Gasteiger partial charge in [0.1, 0.15) is 5.75 Å². The van der Waals surface area contributed by atoms with Crippen LogP contribution in [0, 0.1) is 0 Å². The molecule has 0 saturated heterocycles. The summed E-state index contributed by atoms with van der Waals surface area (Å²) in [5, 5.41) is 2.83. The molecule has 80 valence electrons. The molecule has 1 N–H and O–H groups in total. The molecule has 1 rings (SSSR count). The summed E-state index contributed by atoms with van der Waals surface area (Å²) in [6.07, 6.45) is 0.641. The molecule has 1 amide bonds. The lowest BCUT2D eigenvalue weighted by Gasteiger charge is -2.09. The van der Waals surface area contributed by atoms with Crippen molar-refractivity contribution in [1.82, 2.24) is 0 Å². The molecule has 0 aliphatic carbocycles. The summed E-state index contributed by atoms with van der Waals surface area (Å²) in [5.74, 6) is 0.135. The quantitative estimate of drug-likeness (QED) is 0.805. The summed E-state index contributed by atoms with van der Waals surface area (Å²) in [4.78, 5) is 21.5. The number of nitrogens with one attached hydrogen (secondary N) is 1. The maximum atomic E-state index is 10.8. The van der Waals surface area contributed by atoms with E-state index in [1.54, 1.807) is 0 Å². The SMILES string of the molecule is COc1cc(NC(C)=O)c(Cl)cc1C=O. The van der Waals surface area contributed by atoms with Gasteiger partial charge in [-0.2, -0.15) is 0 Å². The Morgan fingerprint density at radius 2 is 2.20 bits per heavy atom. The first kappa shape index (κ1) is 11.5. The second kappa shape index (κ2) is 4.79. The predicted octanol–water partition coefficient (Wildman–Crippen LogP) is 2.12. The van der Waals surface area contributed by atoms with Gasteiger partial charge in [0.05, 0.1) is 23.4 Å². The smallest absolute Gasteiger partial charge is 0.221 e. The van der Waals surface area contributed by atoms with Crippen molar-refractivity contribution >= 4 is 29.5 Å². The van der Waals surface area contributed by atoms with E-state index in [4.69, 9.17) is 16.3 Å². The van der Waals surface area contributed by atoms with E-state index in [9.17, 15) is 9.59 Å². The Morgan fingerprint density at radius 1 is 1.53 bits per heavy atom. The third-order valence-electron chi connectivity index (χ3n) is 1.76. The summed E-state index contributed by atoms with van der Waals surface area (Å²) >= 11 is 5.85. The Labute approximate surface area is 92.2 Å². The van der Waals surface area contributed by atoms with Gasteiger partial charge in [-0.3, -0.25) is 9.59 Å².